The Morgan fingerprint density at radius 3 is 2.81 bits per heavy atom. The van der Waals surface area contributed by atoms with Crippen LogP contribution in [0.2, 0.25) is 0 Å². The number of anilines is 1. The second-order valence-corrected chi connectivity index (χ2v) is 5.03. The fraction of sp³-hybridized carbons (Fsp3) is 0.500. The van der Waals surface area contributed by atoms with Gasteiger partial charge in [-0.05, 0) is 18.9 Å². The molecule has 0 heterocycles. The number of nitrogens with zero attached hydrogens (tertiary/aromatic N) is 1. The lowest BCUT2D eigenvalue weighted by molar-refractivity contribution is -0.383. The lowest BCUT2D eigenvalue weighted by Gasteiger charge is -2.12. The van der Waals surface area contributed by atoms with Crippen LogP contribution >= 0.6 is 0 Å². The highest BCUT2D eigenvalue weighted by Crippen LogP contribution is 2.24. The van der Waals surface area contributed by atoms with E-state index in [9.17, 15) is 14.9 Å². The zero-order valence-electron chi connectivity index (χ0n) is 11.7. The summed E-state index contributed by atoms with van der Waals surface area (Å²) in [6.07, 6.45) is 4.84. The zero-order chi connectivity index (χ0) is 15.2. The van der Waals surface area contributed by atoms with Gasteiger partial charge in [-0.25, -0.2) is 0 Å². The SMILES string of the molecule is Nc1c(C(=O)NCCOC2CCCC2)cccc1[N+](=O)[O-]. The predicted octanol–water partition coefficient (Wildman–Crippen LogP) is 1.87. The summed E-state index contributed by atoms with van der Waals surface area (Å²) < 4.78 is 5.63. The van der Waals surface area contributed by atoms with Gasteiger partial charge in [0, 0.05) is 12.6 Å². The van der Waals surface area contributed by atoms with Gasteiger partial charge in [-0.2, -0.15) is 0 Å². The molecule has 0 spiro atoms. The molecule has 1 aliphatic rings. The number of carbonyl (C=O) groups is 1. The molecule has 3 N–H and O–H groups in total. The van der Waals surface area contributed by atoms with E-state index in [0.29, 0.717) is 19.3 Å². The van der Waals surface area contributed by atoms with Gasteiger partial charge in [0.2, 0.25) is 0 Å². The van der Waals surface area contributed by atoms with Crippen molar-refractivity contribution in [2.24, 2.45) is 0 Å². The van der Waals surface area contributed by atoms with E-state index in [1.165, 1.54) is 31.0 Å². The number of carbonyl (C=O) groups excluding carboxylic acids is 1. The van der Waals surface area contributed by atoms with E-state index in [4.69, 9.17) is 10.5 Å². The van der Waals surface area contributed by atoms with Gasteiger partial charge in [-0.3, -0.25) is 14.9 Å². The van der Waals surface area contributed by atoms with Crippen molar-refractivity contribution in [1.82, 2.24) is 5.32 Å². The molecule has 0 radical (unpaired) electrons. The molecule has 2 rings (SSSR count). The Labute approximate surface area is 122 Å². The fourth-order valence-electron chi connectivity index (χ4n) is 2.45. The Hall–Kier alpha value is -2.15. The molecule has 0 bridgehead atoms. The number of para-hydroxylation sites is 1. The highest BCUT2D eigenvalue weighted by Gasteiger charge is 2.19. The number of benzene rings is 1. The molecule has 1 aromatic carbocycles. The second kappa shape index (κ2) is 7.03. The maximum Gasteiger partial charge on any atom is 0.292 e. The molecular weight excluding hydrogens is 274 g/mol. The van der Waals surface area contributed by atoms with Crippen LogP contribution in [0, 0.1) is 10.1 Å². The van der Waals surface area contributed by atoms with Crippen molar-refractivity contribution in [1.29, 1.82) is 0 Å². The molecule has 1 aliphatic carbocycles. The molecule has 0 atom stereocenters. The molecule has 114 valence electrons. The summed E-state index contributed by atoms with van der Waals surface area (Å²) in [7, 11) is 0. The summed E-state index contributed by atoms with van der Waals surface area (Å²) >= 11 is 0. The van der Waals surface area contributed by atoms with Crippen LogP contribution in [0.15, 0.2) is 18.2 Å². The van der Waals surface area contributed by atoms with Crippen LogP contribution in [-0.4, -0.2) is 30.1 Å². The molecule has 1 saturated carbocycles. The highest BCUT2D eigenvalue weighted by atomic mass is 16.6. The van der Waals surface area contributed by atoms with Crippen LogP contribution in [0.3, 0.4) is 0 Å². The topological polar surface area (TPSA) is 107 Å². The van der Waals surface area contributed by atoms with E-state index in [2.05, 4.69) is 5.32 Å². The molecule has 21 heavy (non-hydrogen) atoms. The lowest BCUT2D eigenvalue weighted by atomic mass is 10.1. The van der Waals surface area contributed by atoms with Crippen molar-refractivity contribution in [2.45, 2.75) is 31.8 Å². The van der Waals surface area contributed by atoms with Crippen LogP contribution in [-0.2, 0) is 4.74 Å². The predicted molar refractivity (Wildman–Crippen MR) is 78.1 cm³/mol. The standard InChI is InChI=1S/C14H19N3O4/c15-13-11(6-3-7-12(13)17(19)20)14(18)16-8-9-21-10-4-1-2-5-10/h3,6-7,10H,1-2,4-5,8-9,15H2,(H,16,18). The molecule has 7 nitrogen and oxygen atoms in total. The second-order valence-electron chi connectivity index (χ2n) is 5.03. The van der Waals surface area contributed by atoms with Crippen molar-refractivity contribution in [3.8, 4) is 0 Å². The van der Waals surface area contributed by atoms with Gasteiger partial charge >= 0.3 is 0 Å². The lowest BCUT2D eigenvalue weighted by Crippen LogP contribution is -2.29. The quantitative estimate of drug-likeness (QED) is 0.360. The number of nitrogens with one attached hydrogen (secondary N) is 1. The largest absolute Gasteiger partial charge is 0.393 e. The van der Waals surface area contributed by atoms with Crippen molar-refractivity contribution < 1.29 is 14.5 Å². The van der Waals surface area contributed by atoms with Crippen LogP contribution in [0.4, 0.5) is 11.4 Å². The van der Waals surface area contributed by atoms with Crippen molar-refractivity contribution in [2.75, 3.05) is 18.9 Å². The van der Waals surface area contributed by atoms with Gasteiger partial charge in [0.05, 0.1) is 23.2 Å². The highest BCUT2D eigenvalue weighted by molar-refractivity contribution is 6.00. The Kier molecular flexibility index (Phi) is 5.10. The molecule has 1 amide bonds. The third-order valence-corrected chi connectivity index (χ3v) is 3.57. The minimum Gasteiger partial charge on any atom is -0.393 e. The average Bonchev–Trinajstić information content (AvgIpc) is 2.96. The third kappa shape index (κ3) is 3.91. The molecule has 1 fully saturated rings. The monoisotopic (exact) mass is 293 g/mol. The number of nitro benzene ring substituents is 1. The Bertz CT molecular complexity index is 527. The summed E-state index contributed by atoms with van der Waals surface area (Å²) in [6, 6.07) is 4.18. The number of amides is 1. The first-order valence-electron chi connectivity index (χ1n) is 7.02. The number of hydrogen-bond donors (Lipinski definition) is 2. The van der Waals surface area contributed by atoms with Gasteiger partial charge in [-0.15, -0.1) is 0 Å². The molecule has 7 heteroatoms. The van der Waals surface area contributed by atoms with Crippen LogP contribution < -0.4 is 11.1 Å². The number of nitrogen functional groups attached to an aromatic ring is 1. The van der Waals surface area contributed by atoms with Gasteiger partial charge in [0.15, 0.2) is 0 Å². The first-order chi connectivity index (χ1) is 10.1. The molecule has 0 saturated heterocycles. The Morgan fingerprint density at radius 1 is 1.43 bits per heavy atom. The zero-order valence-corrected chi connectivity index (χ0v) is 11.7. The number of hydrogen-bond acceptors (Lipinski definition) is 5. The van der Waals surface area contributed by atoms with Crippen LogP contribution in [0.5, 0.6) is 0 Å². The van der Waals surface area contributed by atoms with E-state index in [-0.39, 0.29) is 16.9 Å². The molecule has 1 aromatic rings. The van der Waals surface area contributed by atoms with E-state index in [1.807, 2.05) is 0 Å². The summed E-state index contributed by atoms with van der Waals surface area (Å²) in [5, 5.41) is 13.4. The normalized spacial score (nSPS) is 15.0. The number of ether oxygens (including phenoxy) is 1. The number of rotatable bonds is 6. The van der Waals surface area contributed by atoms with E-state index >= 15 is 0 Å². The summed E-state index contributed by atoms with van der Waals surface area (Å²) in [5.41, 5.74) is 5.40. The average molecular weight is 293 g/mol. The first kappa shape index (κ1) is 15.2. The van der Waals surface area contributed by atoms with Gasteiger partial charge in [-0.1, -0.05) is 18.9 Å². The van der Waals surface area contributed by atoms with E-state index in [1.54, 1.807) is 0 Å². The fourth-order valence-corrected chi connectivity index (χ4v) is 2.45. The van der Waals surface area contributed by atoms with Crippen molar-refractivity contribution in [3.63, 3.8) is 0 Å². The molecular formula is C14H19N3O4. The summed E-state index contributed by atoms with van der Waals surface area (Å²) in [5.74, 6) is -0.425. The Balaban J connectivity index is 1.85. The van der Waals surface area contributed by atoms with Gasteiger partial charge < -0.3 is 15.8 Å². The Morgan fingerprint density at radius 2 is 2.14 bits per heavy atom. The van der Waals surface area contributed by atoms with Gasteiger partial charge in [0.1, 0.15) is 5.69 Å². The van der Waals surface area contributed by atoms with E-state index < -0.39 is 10.8 Å². The van der Waals surface area contributed by atoms with E-state index in [0.717, 1.165) is 12.8 Å². The summed E-state index contributed by atoms with van der Waals surface area (Å²) in [4.78, 5) is 22.1. The van der Waals surface area contributed by atoms with Crippen LogP contribution in [0.25, 0.3) is 0 Å². The summed E-state index contributed by atoms with van der Waals surface area (Å²) in [6.45, 7) is 0.794. The van der Waals surface area contributed by atoms with Gasteiger partial charge in [0.25, 0.3) is 11.6 Å². The molecule has 0 aliphatic heterocycles. The molecule has 0 aromatic heterocycles. The maximum absolute atomic E-state index is 12.0. The minimum atomic E-state index is -0.602. The third-order valence-electron chi connectivity index (χ3n) is 3.57. The minimum absolute atomic E-state index is 0.114. The number of nitro groups is 1. The molecule has 0 unspecified atom stereocenters. The van der Waals surface area contributed by atoms with Crippen LogP contribution in [0.1, 0.15) is 36.0 Å². The van der Waals surface area contributed by atoms with Crippen molar-refractivity contribution >= 4 is 17.3 Å². The number of nitrogens with two attached hydrogens (primary N) is 1. The maximum atomic E-state index is 12.0. The van der Waals surface area contributed by atoms with Crippen molar-refractivity contribution in [3.05, 3.63) is 33.9 Å². The first-order valence-corrected chi connectivity index (χ1v) is 7.02. The smallest absolute Gasteiger partial charge is 0.292 e.